The Labute approximate surface area is 178 Å². The molecule has 1 fully saturated rings. The summed E-state index contributed by atoms with van der Waals surface area (Å²) < 4.78 is 38.2. The van der Waals surface area contributed by atoms with Crippen LogP contribution in [0.4, 0.5) is 0 Å². The van der Waals surface area contributed by atoms with Crippen molar-refractivity contribution >= 4 is 15.9 Å². The molecule has 2 aromatic rings. The molecule has 1 N–H and O–H groups in total. The number of carbonyl (C=O) groups excluding carboxylic acids is 1. The van der Waals surface area contributed by atoms with Crippen molar-refractivity contribution in [3.63, 3.8) is 0 Å². The molecule has 1 amide bonds. The molecule has 0 radical (unpaired) electrons. The lowest BCUT2D eigenvalue weighted by molar-refractivity contribution is 0.0939. The zero-order valence-corrected chi connectivity index (χ0v) is 18.6. The monoisotopic (exact) mass is 432 g/mol. The highest BCUT2D eigenvalue weighted by Crippen LogP contribution is 2.31. The van der Waals surface area contributed by atoms with Gasteiger partial charge in [-0.3, -0.25) is 4.79 Å². The standard InChI is InChI=1S/C22H28N2O5S/c1-15-7-9-19(28-3)18(13-15)16(2)23-22(25)17-8-10-20(29-4)21(14-17)30(26,27)24-11-5-6-12-24/h7-10,13-14,16H,5-6,11-12H2,1-4H3,(H,23,25). The fourth-order valence-corrected chi connectivity index (χ4v) is 5.34. The second-order valence-corrected chi connectivity index (χ2v) is 9.32. The molecule has 7 nitrogen and oxygen atoms in total. The van der Waals surface area contributed by atoms with Crippen molar-refractivity contribution in [2.45, 2.75) is 37.6 Å². The van der Waals surface area contributed by atoms with Crippen molar-refractivity contribution in [3.8, 4) is 11.5 Å². The van der Waals surface area contributed by atoms with Crippen LogP contribution in [0.3, 0.4) is 0 Å². The lowest BCUT2D eigenvalue weighted by Gasteiger charge is -2.20. The first-order valence-corrected chi connectivity index (χ1v) is 11.4. The predicted octanol–water partition coefficient (Wildman–Crippen LogP) is 3.29. The van der Waals surface area contributed by atoms with Gasteiger partial charge in [0.05, 0.1) is 20.3 Å². The minimum absolute atomic E-state index is 0.0142. The molecule has 1 unspecified atom stereocenters. The third kappa shape index (κ3) is 4.44. The van der Waals surface area contributed by atoms with E-state index in [1.807, 2.05) is 32.0 Å². The molecule has 0 saturated carbocycles. The molecule has 2 aromatic carbocycles. The lowest BCUT2D eigenvalue weighted by atomic mass is 10.0. The molecular formula is C22H28N2O5S. The average Bonchev–Trinajstić information content (AvgIpc) is 3.29. The number of amides is 1. The van der Waals surface area contributed by atoms with Crippen LogP contribution in [0.5, 0.6) is 11.5 Å². The fraction of sp³-hybridized carbons (Fsp3) is 0.409. The second-order valence-electron chi connectivity index (χ2n) is 7.42. The summed E-state index contributed by atoms with van der Waals surface area (Å²) in [7, 11) is -0.720. The van der Waals surface area contributed by atoms with Gasteiger partial charge in [0.25, 0.3) is 5.91 Å². The maximum absolute atomic E-state index is 13.1. The molecule has 1 aliphatic rings. The molecule has 1 heterocycles. The van der Waals surface area contributed by atoms with Gasteiger partial charge in [0.15, 0.2) is 0 Å². The van der Waals surface area contributed by atoms with Crippen LogP contribution in [-0.4, -0.2) is 45.9 Å². The Morgan fingerprint density at radius 2 is 1.67 bits per heavy atom. The summed E-state index contributed by atoms with van der Waals surface area (Å²) in [6.07, 6.45) is 1.66. The van der Waals surface area contributed by atoms with Gasteiger partial charge in [-0.1, -0.05) is 17.7 Å². The summed E-state index contributed by atoms with van der Waals surface area (Å²) in [5.41, 5.74) is 2.16. The molecule has 0 spiro atoms. The molecule has 1 saturated heterocycles. The topological polar surface area (TPSA) is 84.9 Å². The first-order chi connectivity index (χ1) is 14.3. The van der Waals surface area contributed by atoms with Gasteiger partial charge in [0, 0.05) is 24.2 Å². The summed E-state index contributed by atoms with van der Waals surface area (Å²) in [6, 6.07) is 9.92. The number of rotatable bonds is 7. The van der Waals surface area contributed by atoms with E-state index in [-0.39, 0.29) is 28.2 Å². The van der Waals surface area contributed by atoms with E-state index in [4.69, 9.17) is 9.47 Å². The smallest absolute Gasteiger partial charge is 0.251 e. The van der Waals surface area contributed by atoms with Gasteiger partial charge >= 0.3 is 0 Å². The van der Waals surface area contributed by atoms with Gasteiger partial charge in [-0.15, -0.1) is 0 Å². The minimum atomic E-state index is -3.73. The Kier molecular flexibility index (Phi) is 6.67. The second kappa shape index (κ2) is 9.06. The Hall–Kier alpha value is -2.58. The Morgan fingerprint density at radius 1 is 1.03 bits per heavy atom. The number of carbonyl (C=O) groups is 1. The number of ether oxygens (including phenoxy) is 2. The van der Waals surface area contributed by atoms with Gasteiger partial charge in [0.1, 0.15) is 16.4 Å². The van der Waals surface area contributed by atoms with E-state index in [0.717, 1.165) is 24.0 Å². The zero-order valence-electron chi connectivity index (χ0n) is 17.8. The van der Waals surface area contributed by atoms with Crippen molar-refractivity contribution in [3.05, 3.63) is 53.1 Å². The normalized spacial score (nSPS) is 15.6. The fourth-order valence-electron chi connectivity index (χ4n) is 3.64. The largest absolute Gasteiger partial charge is 0.496 e. The van der Waals surface area contributed by atoms with Crippen molar-refractivity contribution < 1.29 is 22.7 Å². The van der Waals surface area contributed by atoms with E-state index in [1.165, 1.54) is 23.5 Å². The summed E-state index contributed by atoms with van der Waals surface area (Å²) in [4.78, 5) is 12.9. The molecule has 30 heavy (non-hydrogen) atoms. The highest BCUT2D eigenvalue weighted by molar-refractivity contribution is 7.89. The Balaban J connectivity index is 1.89. The van der Waals surface area contributed by atoms with Gasteiger partial charge in [-0.2, -0.15) is 4.31 Å². The lowest BCUT2D eigenvalue weighted by Crippen LogP contribution is -2.29. The summed E-state index contributed by atoms with van der Waals surface area (Å²) in [5.74, 6) is 0.541. The van der Waals surface area contributed by atoms with Crippen LogP contribution in [0, 0.1) is 6.92 Å². The Bertz CT molecular complexity index is 1030. The zero-order chi connectivity index (χ0) is 21.9. The molecule has 0 aliphatic carbocycles. The van der Waals surface area contributed by atoms with Crippen LogP contribution in [0.2, 0.25) is 0 Å². The van der Waals surface area contributed by atoms with E-state index in [0.29, 0.717) is 18.8 Å². The number of nitrogens with zero attached hydrogens (tertiary/aromatic N) is 1. The molecule has 8 heteroatoms. The maximum Gasteiger partial charge on any atom is 0.251 e. The summed E-state index contributed by atoms with van der Waals surface area (Å²) in [5, 5.41) is 2.93. The quantitative estimate of drug-likeness (QED) is 0.726. The van der Waals surface area contributed by atoms with E-state index >= 15 is 0 Å². The molecule has 0 aromatic heterocycles. The van der Waals surface area contributed by atoms with Gasteiger partial charge in [0.2, 0.25) is 10.0 Å². The van der Waals surface area contributed by atoms with Crippen LogP contribution < -0.4 is 14.8 Å². The number of methoxy groups -OCH3 is 2. The Morgan fingerprint density at radius 3 is 2.30 bits per heavy atom. The van der Waals surface area contributed by atoms with Gasteiger partial charge in [-0.05, 0) is 51.0 Å². The van der Waals surface area contributed by atoms with Gasteiger partial charge in [-0.25, -0.2) is 8.42 Å². The molecule has 3 rings (SSSR count). The summed E-state index contributed by atoms with van der Waals surface area (Å²) in [6.45, 7) is 4.79. The highest BCUT2D eigenvalue weighted by Gasteiger charge is 2.31. The molecule has 1 atom stereocenters. The molecule has 0 bridgehead atoms. The van der Waals surface area contributed by atoms with Crippen LogP contribution >= 0.6 is 0 Å². The molecule has 1 aliphatic heterocycles. The summed E-state index contributed by atoms with van der Waals surface area (Å²) >= 11 is 0. The van der Waals surface area contributed by atoms with Crippen LogP contribution in [0.25, 0.3) is 0 Å². The van der Waals surface area contributed by atoms with Gasteiger partial charge < -0.3 is 14.8 Å². The SMILES string of the molecule is COc1ccc(C)cc1C(C)NC(=O)c1ccc(OC)c(S(=O)(=O)N2CCCC2)c1. The third-order valence-electron chi connectivity index (χ3n) is 5.31. The highest BCUT2D eigenvalue weighted by atomic mass is 32.2. The van der Waals surface area contributed by atoms with Crippen molar-refractivity contribution in [2.24, 2.45) is 0 Å². The molecular weight excluding hydrogens is 404 g/mol. The van der Waals surface area contributed by atoms with E-state index < -0.39 is 10.0 Å². The third-order valence-corrected chi connectivity index (χ3v) is 7.23. The number of nitrogens with one attached hydrogen (secondary N) is 1. The molecule has 162 valence electrons. The number of aryl methyl sites for hydroxylation is 1. The van der Waals surface area contributed by atoms with E-state index in [1.54, 1.807) is 13.2 Å². The number of sulfonamides is 1. The van der Waals surface area contributed by atoms with Crippen LogP contribution in [0.15, 0.2) is 41.3 Å². The van der Waals surface area contributed by atoms with Crippen LogP contribution in [0.1, 0.15) is 47.3 Å². The van der Waals surface area contributed by atoms with E-state index in [9.17, 15) is 13.2 Å². The van der Waals surface area contributed by atoms with Crippen molar-refractivity contribution in [1.82, 2.24) is 9.62 Å². The predicted molar refractivity (Wildman–Crippen MR) is 115 cm³/mol. The van der Waals surface area contributed by atoms with Crippen LogP contribution in [-0.2, 0) is 10.0 Å². The maximum atomic E-state index is 13.1. The van der Waals surface area contributed by atoms with E-state index in [2.05, 4.69) is 5.32 Å². The minimum Gasteiger partial charge on any atom is -0.496 e. The number of benzene rings is 2. The first kappa shape index (κ1) is 22.1. The van der Waals surface area contributed by atoms with Crippen molar-refractivity contribution in [1.29, 1.82) is 0 Å². The number of hydrogen-bond donors (Lipinski definition) is 1. The van der Waals surface area contributed by atoms with Crippen molar-refractivity contribution in [2.75, 3.05) is 27.3 Å². The number of hydrogen-bond acceptors (Lipinski definition) is 5. The first-order valence-electron chi connectivity index (χ1n) is 9.91. The average molecular weight is 433 g/mol.